The van der Waals surface area contributed by atoms with Crippen molar-refractivity contribution >= 4 is 27.5 Å². The highest BCUT2D eigenvalue weighted by Crippen LogP contribution is 2.11. The van der Waals surface area contributed by atoms with Gasteiger partial charge in [-0.2, -0.15) is 10.4 Å². The lowest BCUT2D eigenvalue weighted by molar-refractivity contribution is -0.115. The number of hydrogen-bond acceptors (Lipinski definition) is 5. The topological polar surface area (TPSA) is 105 Å². The normalized spacial score (nSPS) is 11.3. The van der Waals surface area contributed by atoms with Crippen LogP contribution in [0.15, 0.2) is 72.4 Å². The van der Waals surface area contributed by atoms with Crippen LogP contribution in [0.1, 0.15) is 23.1 Å². The lowest BCUT2D eigenvalue weighted by Crippen LogP contribution is -2.16. The molecule has 7 nitrogen and oxygen atoms in total. The Balaban J connectivity index is 1.51. The minimum absolute atomic E-state index is 0.156. The van der Waals surface area contributed by atoms with Crippen molar-refractivity contribution in [2.24, 2.45) is 0 Å². The van der Waals surface area contributed by atoms with E-state index in [1.807, 2.05) is 24.3 Å². The molecule has 0 spiro atoms. The predicted octanol–water partition coefficient (Wildman–Crippen LogP) is 3.22. The summed E-state index contributed by atoms with van der Waals surface area (Å²) in [7, 11) is -3.50. The van der Waals surface area contributed by atoms with Crippen molar-refractivity contribution in [2.75, 3.05) is 11.1 Å². The molecule has 3 rings (SSSR count). The van der Waals surface area contributed by atoms with Crippen LogP contribution in [0, 0.1) is 11.3 Å². The fraction of sp³-hybridized carbons (Fsp3) is 0.136. The molecule has 0 saturated carbocycles. The first-order valence-corrected chi connectivity index (χ1v) is 10.9. The molecular formula is C22H20N4O3S. The molecule has 0 unspecified atom stereocenters. The lowest BCUT2D eigenvalue weighted by atomic mass is 10.1. The van der Waals surface area contributed by atoms with E-state index in [1.165, 1.54) is 12.3 Å². The number of nitrogens with one attached hydrogen (secondary N) is 1. The summed E-state index contributed by atoms with van der Waals surface area (Å²) in [5, 5.41) is 16.9. The minimum Gasteiger partial charge on any atom is -0.323 e. The highest BCUT2D eigenvalue weighted by atomic mass is 32.2. The molecule has 0 fully saturated rings. The summed E-state index contributed by atoms with van der Waals surface area (Å²) < 4.78 is 25.9. The second-order valence-electron chi connectivity index (χ2n) is 6.62. The number of carbonyl (C=O) groups is 1. The smallest absolute Gasteiger partial charge is 0.225 e. The third kappa shape index (κ3) is 6.43. The summed E-state index contributed by atoms with van der Waals surface area (Å²) in [5.41, 5.74) is 2.73. The summed E-state index contributed by atoms with van der Waals surface area (Å²) in [5.74, 6) is -0.685. The Kier molecular flexibility index (Phi) is 6.78. The van der Waals surface area contributed by atoms with E-state index in [-0.39, 0.29) is 12.2 Å². The molecule has 8 heteroatoms. The molecule has 0 aliphatic carbocycles. The number of nitrogens with zero attached hydrogens (tertiary/aromatic N) is 3. The van der Waals surface area contributed by atoms with E-state index in [0.717, 1.165) is 16.5 Å². The number of nitriles is 1. The molecule has 1 amide bonds. The molecule has 1 aromatic heterocycles. The molecule has 0 radical (unpaired) electrons. The summed E-state index contributed by atoms with van der Waals surface area (Å²) in [6, 6.07) is 18.4. The summed E-state index contributed by atoms with van der Waals surface area (Å²) in [4.78, 5) is 12.1. The number of carbonyl (C=O) groups excluding carboxylic acids is 1. The van der Waals surface area contributed by atoms with Gasteiger partial charge in [-0.05, 0) is 29.3 Å². The molecule has 2 aromatic carbocycles. The number of anilines is 1. The molecule has 0 saturated heterocycles. The Bertz CT molecular complexity index is 1190. The van der Waals surface area contributed by atoms with E-state index in [4.69, 9.17) is 5.26 Å². The fourth-order valence-corrected chi connectivity index (χ4v) is 3.68. The molecule has 1 heterocycles. The van der Waals surface area contributed by atoms with Gasteiger partial charge in [0.2, 0.25) is 5.91 Å². The van der Waals surface area contributed by atoms with E-state index in [0.29, 0.717) is 17.8 Å². The molecule has 0 atom stereocenters. The van der Waals surface area contributed by atoms with Gasteiger partial charge in [0.25, 0.3) is 0 Å². The molecule has 0 aliphatic rings. The van der Waals surface area contributed by atoms with Gasteiger partial charge in [-0.3, -0.25) is 9.48 Å². The van der Waals surface area contributed by atoms with E-state index >= 15 is 0 Å². The van der Waals surface area contributed by atoms with Gasteiger partial charge in [0, 0.05) is 18.0 Å². The summed E-state index contributed by atoms with van der Waals surface area (Å²) in [6.07, 6.45) is 4.51. The highest BCUT2D eigenvalue weighted by molar-refractivity contribution is 7.94. The van der Waals surface area contributed by atoms with Crippen LogP contribution in [0.25, 0.3) is 6.08 Å². The Hall–Kier alpha value is -3.70. The number of sulfone groups is 1. The average molecular weight is 420 g/mol. The van der Waals surface area contributed by atoms with Crippen LogP contribution in [0.5, 0.6) is 0 Å². The van der Waals surface area contributed by atoms with Crippen molar-refractivity contribution in [2.45, 2.75) is 13.0 Å². The first-order valence-electron chi connectivity index (χ1n) is 9.21. The molecule has 1 N–H and O–H groups in total. The van der Waals surface area contributed by atoms with Crippen LogP contribution in [0.3, 0.4) is 0 Å². The Morgan fingerprint density at radius 3 is 2.73 bits per heavy atom. The largest absolute Gasteiger partial charge is 0.323 e. The van der Waals surface area contributed by atoms with Crippen molar-refractivity contribution in [3.63, 3.8) is 0 Å². The van der Waals surface area contributed by atoms with E-state index < -0.39 is 15.7 Å². The molecule has 0 aliphatic heterocycles. The quantitative estimate of drug-likeness (QED) is 0.602. The number of rotatable bonds is 8. The monoisotopic (exact) mass is 420 g/mol. The van der Waals surface area contributed by atoms with E-state index in [1.54, 1.807) is 41.2 Å². The van der Waals surface area contributed by atoms with Crippen LogP contribution in [0.2, 0.25) is 0 Å². The van der Waals surface area contributed by atoms with Crippen LogP contribution in [0.4, 0.5) is 5.69 Å². The first kappa shape index (κ1) is 21.0. The van der Waals surface area contributed by atoms with Gasteiger partial charge in [-0.25, -0.2) is 8.42 Å². The van der Waals surface area contributed by atoms with E-state index in [2.05, 4.69) is 16.5 Å². The van der Waals surface area contributed by atoms with Crippen LogP contribution in [-0.4, -0.2) is 29.9 Å². The maximum atomic E-state index is 12.1. The number of benzene rings is 2. The van der Waals surface area contributed by atoms with Crippen LogP contribution >= 0.6 is 0 Å². The van der Waals surface area contributed by atoms with Gasteiger partial charge in [0.15, 0.2) is 9.84 Å². The summed E-state index contributed by atoms with van der Waals surface area (Å²) >= 11 is 0. The van der Waals surface area contributed by atoms with Gasteiger partial charge < -0.3 is 5.32 Å². The van der Waals surface area contributed by atoms with Gasteiger partial charge in [-0.1, -0.05) is 42.5 Å². The molecule has 3 aromatic rings. The zero-order valence-electron chi connectivity index (χ0n) is 16.1. The first-order chi connectivity index (χ1) is 14.4. The van der Waals surface area contributed by atoms with Crippen LogP contribution < -0.4 is 5.32 Å². The zero-order valence-corrected chi connectivity index (χ0v) is 16.9. The van der Waals surface area contributed by atoms with Crippen molar-refractivity contribution in [1.82, 2.24) is 9.78 Å². The SMILES string of the molecule is N#Cc1cccc(Cn2cc(NC(=O)CCS(=O)(=O)/C=C/c3ccccc3)cn2)c1. The number of aromatic nitrogens is 2. The Labute approximate surface area is 175 Å². The van der Waals surface area contributed by atoms with Crippen molar-refractivity contribution in [3.05, 3.63) is 89.1 Å². The Morgan fingerprint density at radius 2 is 1.97 bits per heavy atom. The molecular weight excluding hydrogens is 400 g/mol. The average Bonchev–Trinajstić information content (AvgIpc) is 3.18. The van der Waals surface area contributed by atoms with Gasteiger partial charge in [0.1, 0.15) is 0 Å². The number of amides is 1. The maximum Gasteiger partial charge on any atom is 0.225 e. The van der Waals surface area contributed by atoms with Gasteiger partial charge >= 0.3 is 0 Å². The lowest BCUT2D eigenvalue weighted by Gasteiger charge is -2.03. The van der Waals surface area contributed by atoms with Crippen molar-refractivity contribution in [1.29, 1.82) is 5.26 Å². The van der Waals surface area contributed by atoms with Crippen molar-refractivity contribution < 1.29 is 13.2 Å². The molecule has 0 bridgehead atoms. The van der Waals surface area contributed by atoms with E-state index in [9.17, 15) is 13.2 Å². The van der Waals surface area contributed by atoms with Gasteiger partial charge in [-0.15, -0.1) is 0 Å². The Morgan fingerprint density at radius 1 is 1.17 bits per heavy atom. The van der Waals surface area contributed by atoms with Crippen LogP contribution in [-0.2, 0) is 21.2 Å². The zero-order chi connectivity index (χ0) is 21.4. The maximum absolute atomic E-state index is 12.1. The highest BCUT2D eigenvalue weighted by Gasteiger charge is 2.11. The molecule has 30 heavy (non-hydrogen) atoms. The predicted molar refractivity (Wildman–Crippen MR) is 115 cm³/mol. The minimum atomic E-state index is -3.50. The second kappa shape index (κ2) is 9.67. The third-order valence-electron chi connectivity index (χ3n) is 4.20. The fourth-order valence-electron chi connectivity index (χ4n) is 2.71. The summed E-state index contributed by atoms with van der Waals surface area (Å²) in [6.45, 7) is 0.448. The third-order valence-corrected chi connectivity index (χ3v) is 5.52. The second-order valence-corrected chi connectivity index (χ2v) is 8.62. The standard InChI is InChI=1S/C22H20N4O3S/c23-14-19-7-4-8-20(13-19)16-26-17-21(15-24-26)25-22(27)10-12-30(28,29)11-9-18-5-2-1-3-6-18/h1-9,11,13,15,17H,10,12,16H2,(H,25,27)/b11-9+. The molecule has 152 valence electrons. The number of hydrogen-bond donors (Lipinski definition) is 1. The van der Waals surface area contributed by atoms with Crippen molar-refractivity contribution in [3.8, 4) is 6.07 Å². The van der Waals surface area contributed by atoms with Gasteiger partial charge in [0.05, 0.1) is 35.8 Å².